The van der Waals surface area contributed by atoms with E-state index in [1.54, 1.807) is 6.33 Å². The second kappa shape index (κ2) is 5.55. The lowest BCUT2D eigenvalue weighted by atomic mass is 10.0. The lowest BCUT2D eigenvalue weighted by Crippen LogP contribution is -2.17. The Morgan fingerprint density at radius 1 is 1.18 bits per heavy atom. The van der Waals surface area contributed by atoms with E-state index in [-0.39, 0.29) is 0 Å². The van der Waals surface area contributed by atoms with Crippen LogP contribution in [0.1, 0.15) is 25.5 Å². The summed E-state index contributed by atoms with van der Waals surface area (Å²) in [5, 5.41) is 3.41. The van der Waals surface area contributed by atoms with Crippen LogP contribution < -0.4 is 5.32 Å². The van der Waals surface area contributed by atoms with Crippen LogP contribution >= 0.6 is 0 Å². The van der Waals surface area contributed by atoms with Gasteiger partial charge in [-0.2, -0.15) is 0 Å². The van der Waals surface area contributed by atoms with Gasteiger partial charge in [-0.25, -0.2) is 9.97 Å². The Morgan fingerprint density at radius 2 is 1.94 bits per heavy atom. The van der Waals surface area contributed by atoms with Crippen molar-refractivity contribution in [1.29, 1.82) is 0 Å². The summed E-state index contributed by atoms with van der Waals surface area (Å²) in [4.78, 5) is 8.09. The van der Waals surface area contributed by atoms with Crippen molar-refractivity contribution >= 4 is 0 Å². The van der Waals surface area contributed by atoms with Crippen LogP contribution in [0.4, 0.5) is 0 Å². The molecule has 1 atom stereocenters. The molecule has 2 rings (SSSR count). The summed E-state index contributed by atoms with van der Waals surface area (Å²) in [7, 11) is 0. The van der Waals surface area contributed by atoms with Crippen molar-refractivity contribution in [2.75, 3.05) is 6.54 Å². The Morgan fingerprint density at radius 3 is 2.65 bits per heavy atom. The standard InChI is InChI=1S/C14H17N3/c1-3-17-11(2)12-5-4-6-13(7-12)14-8-15-10-16-9-14/h4-11,17H,3H2,1-2H3. The largest absolute Gasteiger partial charge is 0.310 e. The second-order valence-electron chi connectivity index (χ2n) is 4.03. The van der Waals surface area contributed by atoms with Gasteiger partial charge in [-0.05, 0) is 30.7 Å². The maximum Gasteiger partial charge on any atom is 0.115 e. The molecular weight excluding hydrogens is 210 g/mol. The normalized spacial score (nSPS) is 12.4. The molecule has 0 radical (unpaired) electrons. The first-order valence-corrected chi connectivity index (χ1v) is 5.90. The molecule has 0 fully saturated rings. The molecule has 3 heteroatoms. The molecule has 0 bridgehead atoms. The minimum atomic E-state index is 0.365. The Kier molecular flexibility index (Phi) is 3.83. The van der Waals surface area contributed by atoms with Gasteiger partial charge in [0.1, 0.15) is 6.33 Å². The van der Waals surface area contributed by atoms with Gasteiger partial charge in [0.25, 0.3) is 0 Å². The number of rotatable bonds is 4. The molecule has 0 saturated carbocycles. The highest BCUT2D eigenvalue weighted by Crippen LogP contribution is 2.21. The third kappa shape index (κ3) is 2.88. The van der Waals surface area contributed by atoms with E-state index in [1.165, 1.54) is 5.56 Å². The Labute approximate surface area is 102 Å². The molecule has 3 nitrogen and oxygen atoms in total. The number of nitrogens with zero attached hydrogens (tertiary/aromatic N) is 2. The number of hydrogen-bond acceptors (Lipinski definition) is 3. The van der Waals surface area contributed by atoms with E-state index >= 15 is 0 Å². The van der Waals surface area contributed by atoms with Crippen LogP contribution in [0.3, 0.4) is 0 Å². The second-order valence-corrected chi connectivity index (χ2v) is 4.03. The smallest absolute Gasteiger partial charge is 0.115 e. The van der Waals surface area contributed by atoms with Crippen LogP contribution in [0.25, 0.3) is 11.1 Å². The van der Waals surface area contributed by atoms with E-state index < -0.39 is 0 Å². The van der Waals surface area contributed by atoms with Crippen molar-refractivity contribution in [2.45, 2.75) is 19.9 Å². The molecule has 0 aliphatic heterocycles. The van der Waals surface area contributed by atoms with E-state index in [9.17, 15) is 0 Å². The monoisotopic (exact) mass is 227 g/mol. The summed E-state index contributed by atoms with van der Waals surface area (Å²) in [5.41, 5.74) is 3.50. The first kappa shape index (κ1) is 11.7. The molecule has 17 heavy (non-hydrogen) atoms. The molecule has 1 heterocycles. The fourth-order valence-electron chi connectivity index (χ4n) is 1.86. The molecule has 1 unspecified atom stereocenters. The van der Waals surface area contributed by atoms with Gasteiger partial charge in [0.15, 0.2) is 0 Å². The van der Waals surface area contributed by atoms with E-state index in [2.05, 4.69) is 53.4 Å². The number of benzene rings is 1. The summed E-state index contributed by atoms with van der Waals surface area (Å²) in [6.45, 7) is 5.26. The summed E-state index contributed by atoms with van der Waals surface area (Å²) in [6.07, 6.45) is 5.22. The Hall–Kier alpha value is -1.74. The molecule has 0 aliphatic rings. The lowest BCUT2D eigenvalue weighted by Gasteiger charge is -2.13. The average molecular weight is 227 g/mol. The summed E-state index contributed by atoms with van der Waals surface area (Å²) < 4.78 is 0. The van der Waals surface area contributed by atoms with Crippen LogP contribution in [-0.4, -0.2) is 16.5 Å². The Balaban J connectivity index is 2.29. The zero-order valence-corrected chi connectivity index (χ0v) is 10.2. The lowest BCUT2D eigenvalue weighted by molar-refractivity contribution is 0.598. The van der Waals surface area contributed by atoms with Crippen LogP contribution in [0.2, 0.25) is 0 Å². The van der Waals surface area contributed by atoms with Crippen molar-refractivity contribution in [3.8, 4) is 11.1 Å². The fourth-order valence-corrected chi connectivity index (χ4v) is 1.86. The fraction of sp³-hybridized carbons (Fsp3) is 0.286. The topological polar surface area (TPSA) is 37.8 Å². The SMILES string of the molecule is CCNC(C)c1cccc(-c2cncnc2)c1. The van der Waals surface area contributed by atoms with E-state index in [0.717, 1.165) is 17.7 Å². The number of hydrogen-bond donors (Lipinski definition) is 1. The summed E-state index contributed by atoms with van der Waals surface area (Å²) in [5.74, 6) is 0. The molecule has 0 aliphatic carbocycles. The minimum Gasteiger partial charge on any atom is -0.310 e. The van der Waals surface area contributed by atoms with Crippen LogP contribution in [0.15, 0.2) is 43.0 Å². The predicted molar refractivity (Wildman–Crippen MR) is 69.6 cm³/mol. The molecular formula is C14H17N3. The molecule has 2 aromatic rings. The van der Waals surface area contributed by atoms with Gasteiger partial charge in [-0.1, -0.05) is 25.1 Å². The molecule has 1 aromatic heterocycles. The first-order chi connectivity index (χ1) is 8.31. The van der Waals surface area contributed by atoms with Crippen LogP contribution in [-0.2, 0) is 0 Å². The van der Waals surface area contributed by atoms with E-state index in [4.69, 9.17) is 0 Å². The van der Waals surface area contributed by atoms with Crippen molar-refractivity contribution in [2.24, 2.45) is 0 Å². The van der Waals surface area contributed by atoms with Crippen molar-refractivity contribution in [1.82, 2.24) is 15.3 Å². The quantitative estimate of drug-likeness (QED) is 0.872. The van der Waals surface area contributed by atoms with Gasteiger partial charge < -0.3 is 5.32 Å². The third-order valence-corrected chi connectivity index (χ3v) is 2.79. The number of nitrogens with one attached hydrogen (secondary N) is 1. The van der Waals surface area contributed by atoms with Crippen molar-refractivity contribution < 1.29 is 0 Å². The van der Waals surface area contributed by atoms with Crippen LogP contribution in [0.5, 0.6) is 0 Å². The van der Waals surface area contributed by atoms with Gasteiger partial charge in [0.2, 0.25) is 0 Å². The van der Waals surface area contributed by atoms with Gasteiger partial charge in [0.05, 0.1) is 0 Å². The van der Waals surface area contributed by atoms with Gasteiger partial charge in [-0.3, -0.25) is 0 Å². The summed E-state index contributed by atoms with van der Waals surface area (Å²) >= 11 is 0. The van der Waals surface area contributed by atoms with Crippen molar-refractivity contribution in [3.63, 3.8) is 0 Å². The highest BCUT2D eigenvalue weighted by atomic mass is 14.9. The van der Waals surface area contributed by atoms with Gasteiger partial charge in [0, 0.05) is 24.0 Å². The molecule has 0 spiro atoms. The maximum atomic E-state index is 4.05. The zero-order chi connectivity index (χ0) is 12.1. The van der Waals surface area contributed by atoms with Crippen LogP contribution in [0, 0.1) is 0 Å². The van der Waals surface area contributed by atoms with Gasteiger partial charge in [-0.15, -0.1) is 0 Å². The van der Waals surface area contributed by atoms with Crippen molar-refractivity contribution in [3.05, 3.63) is 48.5 Å². The first-order valence-electron chi connectivity index (χ1n) is 5.90. The molecule has 0 amide bonds. The minimum absolute atomic E-state index is 0.365. The Bertz CT molecular complexity index is 468. The maximum absolute atomic E-state index is 4.05. The van der Waals surface area contributed by atoms with E-state index in [0.29, 0.717) is 6.04 Å². The zero-order valence-electron chi connectivity index (χ0n) is 10.2. The summed E-state index contributed by atoms with van der Waals surface area (Å²) in [6, 6.07) is 8.85. The van der Waals surface area contributed by atoms with Gasteiger partial charge >= 0.3 is 0 Å². The highest BCUT2D eigenvalue weighted by Gasteiger charge is 2.05. The molecule has 0 saturated heterocycles. The highest BCUT2D eigenvalue weighted by molar-refractivity contribution is 5.62. The number of aromatic nitrogens is 2. The molecule has 1 N–H and O–H groups in total. The molecule has 88 valence electrons. The third-order valence-electron chi connectivity index (χ3n) is 2.79. The molecule has 1 aromatic carbocycles. The average Bonchev–Trinajstić information content (AvgIpc) is 2.40. The van der Waals surface area contributed by atoms with E-state index in [1.807, 2.05) is 12.4 Å². The predicted octanol–water partition coefficient (Wildman–Crippen LogP) is 2.81.